The summed E-state index contributed by atoms with van der Waals surface area (Å²) in [6, 6.07) is 8.76. The van der Waals surface area contributed by atoms with E-state index in [0.717, 1.165) is 11.6 Å². The van der Waals surface area contributed by atoms with Crippen molar-refractivity contribution in [1.82, 2.24) is 4.98 Å². The van der Waals surface area contributed by atoms with Crippen LogP contribution in [0.5, 0.6) is 5.75 Å². The summed E-state index contributed by atoms with van der Waals surface area (Å²) in [6.07, 6.45) is 5.87. The van der Waals surface area contributed by atoms with Crippen molar-refractivity contribution in [1.29, 1.82) is 0 Å². The van der Waals surface area contributed by atoms with Gasteiger partial charge in [-0.2, -0.15) is 0 Å². The Kier molecular flexibility index (Phi) is 4.74. The van der Waals surface area contributed by atoms with Gasteiger partial charge in [0.1, 0.15) is 12.4 Å². The molecule has 0 amide bonds. The molecule has 20 heavy (non-hydrogen) atoms. The molecule has 0 saturated carbocycles. The van der Waals surface area contributed by atoms with E-state index in [-0.39, 0.29) is 0 Å². The third-order valence-corrected chi connectivity index (χ3v) is 2.76. The third kappa shape index (κ3) is 4.10. The number of pyridine rings is 1. The molecule has 1 aromatic carbocycles. The van der Waals surface area contributed by atoms with Crippen LogP contribution >= 0.6 is 11.6 Å². The molecule has 1 heterocycles. The fourth-order valence-corrected chi connectivity index (χ4v) is 1.76. The number of aromatic nitrogens is 1. The molecule has 2 aromatic rings. The van der Waals surface area contributed by atoms with Gasteiger partial charge in [0.05, 0.1) is 0 Å². The fourth-order valence-electron chi connectivity index (χ4n) is 1.58. The van der Waals surface area contributed by atoms with Crippen LogP contribution in [-0.4, -0.2) is 16.1 Å². The van der Waals surface area contributed by atoms with Crippen molar-refractivity contribution in [2.75, 3.05) is 0 Å². The molecular formula is C15H12ClNO3. The number of rotatable bonds is 5. The highest BCUT2D eigenvalue weighted by atomic mass is 35.5. The highest BCUT2D eigenvalue weighted by Crippen LogP contribution is 2.25. The first-order valence-corrected chi connectivity index (χ1v) is 6.25. The molecule has 0 radical (unpaired) electrons. The normalized spacial score (nSPS) is 10.7. The number of nitrogens with zero attached hydrogens (tertiary/aromatic N) is 1. The van der Waals surface area contributed by atoms with E-state index in [2.05, 4.69) is 4.98 Å². The number of ether oxygens (including phenoxy) is 1. The van der Waals surface area contributed by atoms with Crippen molar-refractivity contribution in [3.05, 3.63) is 65.0 Å². The van der Waals surface area contributed by atoms with Crippen LogP contribution in [0.2, 0.25) is 5.02 Å². The average molecular weight is 290 g/mol. The number of hydrogen-bond donors (Lipinski definition) is 1. The second kappa shape index (κ2) is 6.73. The van der Waals surface area contributed by atoms with Crippen molar-refractivity contribution < 1.29 is 14.6 Å². The van der Waals surface area contributed by atoms with Crippen LogP contribution in [0.15, 0.2) is 48.8 Å². The molecule has 4 nitrogen and oxygen atoms in total. The molecule has 0 bridgehead atoms. The van der Waals surface area contributed by atoms with Gasteiger partial charge in [0.2, 0.25) is 0 Å². The molecule has 0 fully saturated rings. The summed E-state index contributed by atoms with van der Waals surface area (Å²) in [7, 11) is 0. The van der Waals surface area contributed by atoms with Gasteiger partial charge in [-0.25, -0.2) is 4.79 Å². The Morgan fingerprint density at radius 3 is 2.75 bits per heavy atom. The molecular weight excluding hydrogens is 278 g/mol. The minimum Gasteiger partial charge on any atom is -0.488 e. The minimum absolute atomic E-state index is 0.373. The highest BCUT2D eigenvalue weighted by molar-refractivity contribution is 6.30. The topological polar surface area (TPSA) is 59.4 Å². The molecule has 1 aromatic heterocycles. The Morgan fingerprint density at radius 1 is 1.30 bits per heavy atom. The van der Waals surface area contributed by atoms with E-state index < -0.39 is 5.97 Å². The number of hydrogen-bond acceptors (Lipinski definition) is 3. The smallest absolute Gasteiger partial charge is 0.328 e. The summed E-state index contributed by atoms with van der Waals surface area (Å²) in [4.78, 5) is 14.5. The number of benzene rings is 1. The lowest BCUT2D eigenvalue weighted by Crippen LogP contribution is -1.97. The molecule has 0 saturated heterocycles. The summed E-state index contributed by atoms with van der Waals surface area (Å²) in [5.74, 6) is -0.450. The van der Waals surface area contributed by atoms with Crippen LogP contribution in [0.3, 0.4) is 0 Å². The first-order chi connectivity index (χ1) is 9.65. The van der Waals surface area contributed by atoms with Gasteiger partial charge in [0.15, 0.2) is 0 Å². The van der Waals surface area contributed by atoms with Crippen LogP contribution < -0.4 is 4.74 Å². The van der Waals surface area contributed by atoms with Gasteiger partial charge in [0.25, 0.3) is 0 Å². The van der Waals surface area contributed by atoms with Crippen LogP contribution in [-0.2, 0) is 11.4 Å². The molecule has 0 aliphatic carbocycles. The summed E-state index contributed by atoms with van der Waals surface area (Å²) in [5, 5.41) is 9.20. The van der Waals surface area contributed by atoms with E-state index in [1.54, 1.807) is 30.6 Å². The monoisotopic (exact) mass is 289 g/mol. The molecule has 0 aliphatic rings. The van der Waals surface area contributed by atoms with E-state index in [1.165, 1.54) is 6.08 Å². The van der Waals surface area contributed by atoms with Gasteiger partial charge >= 0.3 is 5.97 Å². The minimum atomic E-state index is -1.02. The lowest BCUT2D eigenvalue weighted by Gasteiger charge is -2.09. The zero-order valence-corrected chi connectivity index (χ0v) is 11.2. The third-order valence-electron chi connectivity index (χ3n) is 2.52. The van der Waals surface area contributed by atoms with Crippen LogP contribution in [0, 0.1) is 0 Å². The first-order valence-electron chi connectivity index (χ1n) is 5.87. The van der Waals surface area contributed by atoms with Crippen molar-refractivity contribution in [3.63, 3.8) is 0 Å². The zero-order chi connectivity index (χ0) is 14.4. The van der Waals surface area contributed by atoms with Crippen molar-refractivity contribution >= 4 is 23.6 Å². The molecule has 102 valence electrons. The quantitative estimate of drug-likeness (QED) is 0.857. The maximum atomic E-state index is 10.6. The second-order valence-corrected chi connectivity index (χ2v) is 4.43. The second-order valence-electron chi connectivity index (χ2n) is 4.00. The Labute approximate surface area is 121 Å². The van der Waals surface area contributed by atoms with Crippen LogP contribution in [0.1, 0.15) is 11.1 Å². The van der Waals surface area contributed by atoms with Crippen LogP contribution in [0.4, 0.5) is 0 Å². The SMILES string of the molecule is O=C(O)/C=C/c1cc(Cl)ccc1OCc1ccncc1. The van der Waals surface area contributed by atoms with Gasteiger partial charge in [-0.3, -0.25) is 4.98 Å². The average Bonchev–Trinajstić information content (AvgIpc) is 2.45. The molecule has 0 aliphatic heterocycles. The maximum Gasteiger partial charge on any atom is 0.328 e. The van der Waals surface area contributed by atoms with E-state index in [9.17, 15) is 4.79 Å². The summed E-state index contributed by atoms with van der Waals surface area (Å²) < 4.78 is 5.68. The van der Waals surface area contributed by atoms with Crippen molar-refractivity contribution in [3.8, 4) is 5.75 Å². The Balaban J connectivity index is 2.16. The summed E-state index contributed by atoms with van der Waals surface area (Å²) >= 11 is 5.90. The van der Waals surface area contributed by atoms with E-state index in [0.29, 0.717) is 22.9 Å². The molecule has 2 rings (SSSR count). The van der Waals surface area contributed by atoms with Gasteiger partial charge in [-0.15, -0.1) is 0 Å². The van der Waals surface area contributed by atoms with Crippen molar-refractivity contribution in [2.45, 2.75) is 6.61 Å². The zero-order valence-electron chi connectivity index (χ0n) is 10.5. The predicted molar refractivity (Wildman–Crippen MR) is 76.7 cm³/mol. The highest BCUT2D eigenvalue weighted by Gasteiger charge is 2.03. The Hall–Kier alpha value is -2.33. The Bertz CT molecular complexity index is 626. The molecule has 0 spiro atoms. The molecule has 5 heteroatoms. The number of halogens is 1. The van der Waals surface area contributed by atoms with Gasteiger partial charge in [0, 0.05) is 29.1 Å². The summed E-state index contributed by atoms with van der Waals surface area (Å²) in [6.45, 7) is 0.373. The molecule has 0 unspecified atom stereocenters. The lowest BCUT2D eigenvalue weighted by atomic mass is 10.2. The van der Waals surface area contributed by atoms with Crippen molar-refractivity contribution in [2.24, 2.45) is 0 Å². The first kappa shape index (κ1) is 14.1. The van der Waals surface area contributed by atoms with Gasteiger partial charge in [-0.1, -0.05) is 11.6 Å². The number of carboxylic acids is 1. The van der Waals surface area contributed by atoms with Gasteiger partial charge in [-0.05, 0) is 42.0 Å². The number of aliphatic carboxylic acids is 1. The number of carboxylic acid groups (broad SMARTS) is 1. The largest absolute Gasteiger partial charge is 0.488 e. The number of carbonyl (C=O) groups is 1. The molecule has 0 atom stereocenters. The van der Waals surface area contributed by atoms with E-state index in [4.69, 9.17) is 21.4 Å². The van der Waals surface area contributed by atoms with Gasteiger partial charge < -0.3 is 9.84 Å². The van der Waals surface area contributed by atoms with E-state index >= 15 is 0 Å². The lowest BCUT2D eigenvalue weighted by molar-refractivity contribution is -0.131. The molecule has 1 N–H and O–H groups in total. The standard InChI is InChI=1S/C15H12ClNO3/c16-13-2-3-14(12(9-13)1-4-15(18)19)20-10-11-5-7-17-8-6-11/h1-9H,10H2,(H,18,19)/b4-1+. The van der Waals surface area contributed by atoms with E-state index in [1.807, 2.05) is 12.1 Å². The van der Waals surface area contributed by atoms with Crippen LogP contribution in [0.25, 0.3) is 6.08 Å². The fraction of sp³-hybridized carbons (Fsp3) is 0.0667. The predicted octanol–water partition coefficient (Wildman–Crippen LogP) is 3.41. The maximum absolute atomic E-state index is 10.6. The Morgan fingerprint density at radius 2 is 2.05 bits per heavy atom. The summed E-state index contributed by atoms with van der Waals surface area (Å²) in [5.41, 5.74) is 1.59.